The summed E-state index contributed by atoms with van der Waals surface area (Å²) in [5, 5.41) is 4.99. The Labute approximate surface area is 195 Å². The number of nitrogens with zero attached hydrogens (tertiary/aromatic N) is 3. The van der Waals surface area contributed by atoms with E-state index in [1.807, 2.05) is 54.6 Å². The third-order valence-electron chi connectivity index (χ3n) is 5.58. The van der Waals surface area contributed by atoms with Gasteiger partial charge in [0, 0.05) is 40.1 Å². The molecule has 0 spiro atoms. The number of ether oxygens (including phenoxy) is 1. The Balaban J connectivity index is 1.23. The summed E-state index contributed by atoms with van der Waals surface area (Å²) >= 11 is 0. The molecular weight excluding hydrogens is 428 g/mol. The molecule has 0 aliphatic carbocycles. The van der Waals surface area contributed by atoms with Gasteiger partial charge in [-0.05, 0) is 49.4 Å². The van der Waals surface area contributed by atoms with Crippen LogP contribution in [0.25, 0.3) is 38.9 Å². The lowest BCUT2D eigenvalue weighted by molar-refractivity contribution is -0.142. The van der Waals surface area contributed by atoms with Crippen molar-refractivity contribution in [2.45, 2.75) is 13.5 Å². The predicted molar refractivity (Wildman–Crippen MR) is 133 cm³/mol. The summed E-state index contributed by atoms with van der Waals surface area (Å²) in [5.74, 6) is -1.04. The maximum Gasteiger partial charge on any atom is 0.331 e. The van der Waals surface area contributed by atoms with Gasteiger partial charge in [0.1, 0.15) is 0 Å². The largest absolute Gasteiger partial charge is 0.452 e. The second kappa shape index (κ2) is 9.15. The average molecular weight is 450 g/mol. The van der Waals surface area contributed by atoms with Gasteiger partial charge in [-0.1, -0.05) is 30.3 Å². The van der Waals surface area contributed by atoms with E-state index in [0.717, 1.165) is 39.4 Å². The van der Waals surface area contributed by atoms with Crippen molar-refractivity contribution < 1.29 is 14.3 Å². The lowest BCUT2D eigenvalue weighted by Gasteiger charge is -2.07. The molecule has 2 heterocycles. The summed E-state index contributed by atoms with van der Waals surface area (Å²) in [6.07, 6.45) is 4.32. The summed E-state index contributed by atoms with van der Waals surface area (Å²) in [4.78, 5) is 33.1. The Morgan fingerprint density at radius 1 is 0.971 bits per heavy atom. The Kier molecular flexibility index (Phi) is 5.74. The first kappa shape index (κ1) is 21.3. The second-order valence-corrected chi connectivity index (χ2v) is 7.77. The number of hydrogen-bond acceptors (Lipinski definition) is 5. The Bertz CT molecular complexity index is 1570. The second-order valence-electron chi connectivity index (χ2n) is 7.77. The van der Waals surface area contributed by atoms with Crippen molar-refractivity contribution in [2.75, 3.05) is 11.9 Å². The van der Waals surface area contributed by atoms with Crippen LogP contribution in [0.2, 0.25) is 0 Å². The Morgan fingerprint density at radius 2 is 1.74 bits per heavy atom. The molecule has 0 aliphatic heterocycles. The standard InChI is InChI=1S/C27H22N4O3/c1-2-31-24-10-6-3-7-20(24)21-15-18(11-13-25(21)31)30-26(32)17-34-27(33)14-12-19-16-28-22-8-4-5-9-23(22)29-19/h3-16H,2,17H2,1H3,(H,30,32)/b14-12+. The van der Waals surface area contributed by atoms with Crippen LogP contribution in [0.15, 0.2) is 79.0 Å². The van der Waals surface area contributed by atoms with Crippen LogP contribution in [0.3, 0.4) is 0 Å². The smallest absolute Gasteiger partial charge is 0.331 e. The molecule has 0 aliphatic rings. The van der Waals surface area contributed by atoms with Crippen molar-refractivity contribution in [3.05, 3.63) is 84.7 Å². The predicted octanol–water partition coefficient (Wildman–Crippen LogP) is 4.95. The number of aryl methyl sites for hydroxylation is 1. The number of anilines is 1. The Hall–Kier alpha value is -4.52. The molecule has 0 atom stereocenters. The molecule has 0 saturated carbocycles. The maximum absolute atomic E-state index is 12.4. The monoisotopic (exact) mass is 450 g/mol. The van der Waals surface area contributed by atoms with Crippen LogP contribution in [-0.4, -0.2) is 33.0 Å². The van der Waals surface area contributed by atoms with Gasteiger partial charge in [-0.3, -0.25) is 9.78 Å². The third-order valence-corrected chi connectivity index (χ3v) is 5.58. The van der Waals surface area contributed by atoms with Crippen molar-refractivity contribution >= 4 is 56.5 Å². The van der Waals surface area contributed by atoms with Gasteiger partial charge in [0.05, 0.1) is 22.9 Å². The van der Waals surface area contributed by atoms with Crippen LogP contribution in [0.5, 0.6) is 0 Å². The van der Waals surface area contributed by atoms with Crippen LogP contribution in [-0.2, 0) is 20.9 Å². The van der Waals surface area contributed by atoms with Crippen LogP contribution >= 0.6 is 0 Å². The number of benzene rings is 3. The zero-order chi connectivity index (χ0) is 23.5. The summed E-state index contributed by atoms with van der Waals surface area (Å²) in [6, 6.07) is 21.4. The van der Waals surface area contributed by atoms with E-state index in [-0.39, 0.29) is 6.61 Å². The molecule has 1 amide bonds. The van der Waals surface area contributed by atoms with Gasteiger partial charge in [-0.15, -0.1) is 0 Å². The molecule has 7 nitrogen and oxygen atoms in total. The fraction of sp³-hybridized carbons (Fsp3) is 0.111. The average Bonchev–Trinajstić information content (AvgIpc) is 3.19. The molecule has 168 valence electrons. The number of nitrogens with one attached hydrogen (secondary N) is 1. The molecule has 7 heteroatoms. The molecule has 3 aromatic carbocycles. The minimum Gasteiger partial charge on any atom is -0.452 e. The zero-order valence-corrected chi connectivity index (χ0v) is 18.6. The number of fused-ring (bicyclic) bond motifs is 4. The van der Waals surface area contributed by atoms with Crippen LogP contribution in [0, 0.1) is 0 Å². The summed E-state index contributed by atoms with van der Waals surface area (Å²) in [5.41, 5.74) is 4.94. The number of rotatable bonds is 6. The van der Waals surface area contributed by atoms with Gasteiger partial charge in [0.2, 0.25) is 0 Å². The lowest BCUT2D eigenvalue weighted by atomic mass is 10.1. The highest BCUT2D eigenvalue weighted by Crippen LogP contribution is 2.30. The molecule has 34 heavy (non-hydrogen) atoms. The number of carbonyl (C=O) groups is 2. The highest BCUT2D eigenvalue weighted by Gasteiger charge is 2.11. The SMILES string of the molecule is CCn1c2ccccc2c2cc(NC(=O)COC(=O)/C=C/c3cnc4ccccc4n3)ccc21. The van der Waals surface area contributed by atoms with E-state index in [4.69, 9.17) is 4.74 Å². The van der Waals surface area contributed by atoms with Crippen molar-refractivity contribution in [1.29, 1.82) is 0 Å². The first-order chi connectivity index (χ1) is 16.6. The van der Waals surface area contributed by atoms with Gasteiger partial charge in [-0.2, -0.15) is 0 Å². The molecular formula is C27H22N4O3. The summed E-state index contributed by atoms with van der Waals surface area (Å²) in [6.45, 7) is 2.57. The molecule has 0 radical (unpaired) electrons. The number of esters is 1. The number of hydrogen-bond donors (Lipinski definition) is 1. The molecule has 5 rings (SSSR count). The van der Waals surface area contributed by atoms with Crippen molar-refractivity contribution in [2.24, 2.45) is 0 Å². The minimum atomic E-state index is -0.633. The first-order valence-corrected chi connectivity index (χ1v) is 11.0. The summed E-state index contributed by atoms with van der Waals surface area (Å²) in [7, 11) is 0. The van der Waals surface area contributed by atoms with Crippen molar-refractivity contribution in [1.82, 2.24) is 14.5 Å². The number of amides is 1. The first-order valence-electron chi connectivity index (χ1n) is 11.0. The van der Waals surface area contributed by atoms with Crippen molar-refractivity contribution in [3.63, 3.8) is 0 Å². The molecule has 5 aromatic rings. The van der Waals surface area contributed by atoms with Crippen LogP contribution in [0.4, 0.5) is 5.69 Å². The zero-order valence-electron chi connectivity index (χ0n) is 18.6. The van der Waals surface area contributed by atoms with Gasteiger partial charge < -0.3 is 14.6 Å². The number of carbonyl (C=O) groups excluding carboxylic acids is 2. The highest BCUT2D eigenvalue weighted by molar-refractivity contribution is 6.10. The van der Waals surface area contributed by atoms with Crippen LogP contribution < -0.4 is 5.32 Å². The number of para-hydroxylation sites is 3. The normalized spacial score (nSPS) is 11.4. The molecule has 0 unspecified atom stereocenters. The van der Waals surface area contributed by atoms with Gasteiger partial charge in [0.15, 0.2) is 6.61 Å². The van der Waals surface area contributed by atoms with E-state index in [0.29, 0.717) is 11.4 Å². The topological polar surface area (TPSA) is 86.1 Å². The quantitative estimate of drug-likeness (QED) is 0.292. The molecule has 1 N–H and O–H groups in total. The molecule has 2 aromatic heterocycles. The minimum absolute atomic E-state index is 0.388. The van der Waals surface area contributed by atoms with Gasteiger partial charge in [-0.25, -0.2) is 9.78 Å². The summed E-state index contributed by atoms with van der Waals surface area (Å²) < 4.78 is 7.31. The van der Waals surface area contributed by atoms with Crippen molar-refractivity contribution in [3.8, 4) is 0 Å². The van der Waals surface area contributed by atoms with E-state index in [1.165, 1.54) is 12.2 Å². The van der Waals surface area contributed by atoms with E-state index >= 15 is 0 Å². The third kappa shape index (κ3) is 4.23. The lowest BCUT2D eigenvalue weighted by Crippen LogP contribution is -2.20. The van der Waals surface area contributed by atoms with Gasteiger partial charge >= 0.3 is 5.97 Å². The molecule has 0 fully saturated rings. The van der Waals surface area contributed by atoms with E-state index in [9.17, 15) is 9.59 Å². The molecule has 0 saturated heterocycles. The van der Waals surface area contributed by atoms with Crippen LogP contribution in [0.1, 0.15) is 12.6 Å². The van der Waals surface area contributed by atoms with E-state index in [1.54, 1.807) is 6.20 Å². The Morgan fingerprint density at radius 3 is 2.59 bits per heavy atom. The maximum atomic E-state index is 12.4. The van der Waals surface area contributed by atoms with E-state index < -0.39 is 11.9 Å². The fourth-order valence-electron chi connectivity index (χ4n) is 4.06. The van der Waals surface area contributed by atoms with Gasteiger partial charge in [0.25, 0.3) is 5.91 Å². The van der Waals surface area contributed by atoms with E-state index in [2.05, 4.69) is 38.9 Å². The highest BCUT2D eigenvalue weighted by atomic mass is 16.5. The number of aromatic nitrogens is 3. The fourth-order valence-corrected chi connectivity index (χ4v) is 4.06. The molecule has 0 bridgehead atoms.